The van der Waals surface area contributed by atoms with E-state index in [0.717, 1.165) is 25.6 Å². The van der Waals surface area contributed by atoms with Crippen molar-refractivity contribution in [1.82, 2.24) is 20.0 Å². The summed E-state index contributed by atoms with van der Waals surface area (Å²) < 4.78 is 2.02. The lowest BCUT2D eigenvalue weighted by Gasteiger charge is -2.29. The van der Waals surface area contributed by atoms with Crippen LogP contribution in [-0.4, -0.2) is 47.4 Å². The largest absolute Gasteiger partial charge is 0.317 e. The van der Waals surface area contributed by atoms with Crippen LogP contribution >= 0.6 is 0 Å². The minimum absolute atomic E-state index is 0.883. The maximum absolute atomic E-state index is 4.25. The van der Waals surface area contributed by atoms with Gasteiger partial charge in [-0.25, -0.2) is 0 Å². The monoisotopic (exact) mass is 236 g/mol. The molecule has 0 saturated carbocycles. The molecule has 0 unspecified atom stereocenters. The van der Waals surface area contributed by atoms with Gasteiger partial charge >= 0.3 is 0 Å². The van der Waals surface area contributed by atoms with Crippen molar-refractivity contribution in [3.63, 3.8) is 0 Å². The molecule has 0 radical (unpaired) electrons. The van der Waals surface area contributed by atoms with Crippen LogP contribution in [-0.2, 0) is 6.54 Å². The van der Waals surface area contributed by atoms with Crippen molar-refractivity contribution in [3.05, 3.63) is 18.5 Å². The Balaban J connectivity index is 1.72. The fourth-order valence-electron chi connectivity index (χ4n) is 2.48. The Morgan fingerprint density at radius 1 is 1.41 bits per heavy atom. The molecule has 1 aliphatic rings. The molecule has 1 aromatic heterocycles. The lowest BCUT2D eigenvalue weighted by molar-refractivity contribution is 0.205. The Hall–Kier alpha value is -0.870. The number of aromatic nitrogens is 2. The summed E-state index contributed by atoms with van der Waals surface area (Å²) in [7, 11) is 0. The first-order valence-corrected chi connectivity index (χ1v) is 6.79. The maximum atomic E-state index is 4.25. The Morgan fingerprint density at radius 3 is 2.88 bits per heavy atom. The average Bonchev–Trinajstić information content (AvgIpc) is 2.89. The van der Waals surface area contributed by atoms with Crippen molar-refractivity contribution < 1.29 is 0 Å². The smallest absolute Gasteiger partial charge is 0.0536 e. The molecule has 4 heteroatoms. The van der Waals surface area contributed by atoms with Crippen LogP contribution in [0.15, 0.2) is 18.5 Å². The maximum Gasteiger partial charge on any atom is 0.0536 e. The van der Waals surface area contributed by atoms with E-state index in [1.54, 1.807) is 0 Å². The predicted molar refractivity (Wildman–Crippen MR) is 69.9 cm³/mol. The predicted octanol–water partition coefficient (Wildman–Crippen LogP) is 1.20. The number of rotatable bonds is 6. The highest BCUT2D eigenvalue weighted by Gasteiger charge is 2.15. The molecule has 4 nitrogen and oxygen atoms in total. The molecule has 96 valence electrons. The topological polar surface area (TPSA) is 33.1 Å². The summed E-state index contributed by atoms with van der Waals surface area (Å²) in [5, 5.41) is 7.68. The quantitative estimate of drug-likeness (QED) is 0.806. The molecule has 0 aliphatic carbocycles. The molecule has 1 aliphatic heterocycles. The van der Waals surface area contributed by atoms with Crippen molar-refractivity contribution in [2.75, 3.05) is 32.7 Å². The van der Waals surface area contributed by atoms with Gasteiger partial charge in [0.25, 0.3) is 0 Å². The van der Waals surface area contributed by atoms with Gasteiger partial charge in [0, 0.05) is 25.5 Å². The van der Waals surface area contributed by atoms with E-state index >= 15 is 0 Å². The van der Waals surface area contributed by atoms with Gasteiger partial charge in [-0.3, -0.25) is 4.68 Å². The van der Waals surface area contributed by atoms with Gasteiger partial charge in [-0.1, -0.05) is 6.92 Å². The Bertz CT molecular complexity index is 290. The average molecular weight is 236 g/mol. The Kier molecular flexibility index (Phi) is 5.01. The molecule has 0 aromatic carbocycles. The minimum atomic E-state index is 0.883. The van der Waals surface area contributed by atoms with Crippen LogP contribution in [0.25, 0.3) is 0 Å². The van der Waals surface area contributed by atoms with Gasteiger partial charge in [0.2, 0.25) is 0 Å². The molecule has 17 heavy (non-hydrogen) atoms. The van der Waals surface area contributed by atoms with Gasteiger partial charge in [0.1, 0.15) is 0 Å². The highest BCUT2D eigenvalue weighted by atomic mass is 15.3. The van der Waals surface area contributed by atoms with E-state index in [1.807, 2.05) is 23.1 Å². The molecule has 1 saturated heterocycles. The van der Waals surface area contributed by atoms with Crippen molar-refractivity contribution in [2.45, 2.75) is 26.3 Å². The summed E-state index contributed by atoms with van der Waals surface area (Å²) in [6, 6.07) is 1.99. The number of piperidine rings is 1. The number of hydrogen-bond donors (Lipinski definition) is 1. The van der Waals surface area contributed by atoms with Gasteiger partial charge < -0.3 is 10.2 Å². The first-order chi connectivity index (χ1) is 8.38. The summed E-state index contributed by atoms with van der Waals surface area (Å²) in [6.07, 6.45) is 6.55. The third kappa shape index (κ3) is 4.13. The molecule has 1 N–H and O–H groups in total. The van der Waals surface area contributed by atoms with E-state index in [9.17, 15) is 0 Å². The van der Waals surface area contributed by atoms with Crippen molar-refractivity contribution >= 4 is 0 Å². The van der Waals surface area contributed by atoms with E-state index in [0.29, 0.717) is 0 Å². The highest BCUT2D eigenvalue weighted by molar-refractivity contribution is 4.78. The van der Waals surface area contributed by atoms with Crippen LogP contribution in [0, 0.1) is 5.92 Å². The second-order valence-corrected chi connectivity index (χ2v) is 4.86. The summed E-state index contributed by atoms with van der Waals surface area (Å²) >= 11 is 0. The zero-order valence-electron chi connectivity index (χ0n) is 10.8. The summed E-state index contributed by atoms with van der Waals surface area (Å²) in [4.78, 5) is 2.55. The molecular formula is C13H24N4. The standard InChI is InChI=1S/C13H24N4/c1-2-16(10-11-17-9-3-6-15-17)12-13-4-7-14-8-5-13/h3,6,9,13-14H,2,4-5,7-8,10-12H2,1H3. The molecule has 0 bridgehead atoms. The van der Waals surface area contributed by atoms with E-state index in [-0.39, 0.29) is 0 Å². The van der Waals surface area contributed by atoms with Crippen molar-refractivity contribution in [3.8, 4) is 0 Å². The number of nitrogens with one attached hydrogen (secondary N) is 1. The van der Waals surface area contributed by atoms with Crippen LogP contribution in [0.3, 0.4) is 0 Å². The van der Waals surface area contributed by atoms with Crippen LogP contribution in [0.5, 0.6) is 0 Å². The Morgan fingerprint density at radius 2 is 2.24 bits per heavy atom. The fourth-order valence-corrected chi connectivity index (χ4v) is 2.48. The van der Waals surface area contributed by atoms with E-state index in [1.165, 1.54) is 32.5 Å². The first-order valence-electron chi connectivity index (χ1n) is 6.79. The normalized spacial score (nSPS) is 17.8. The first kappa shape index (κ1) is 12.6. The van der Waals surface area contributed by atoms with E-state index in [2.05, 4.69) is 22.2 Å². The second kappa shape index (κ2) is 6.77. The third-order valence-corrected chi connectivity index (χ3v) is 3.63. The van der Waals surface area contributed by atoms with Crippen molar-refractivity contribution in [1.29, 1.82) is 0 Å². The molecule has 1 aromatic rings. The number of likely N-dealkylation sites (N-methyl/N-ethyl adjacent to an activating group) is 1. The zero-order chi connectivity index (χ0) is 11.9. The van der Waals surface area contributed by atoms with Gasteiger partial charge in [0.05, 0.1) is 6.54 Å². The van der Waals surface area contributed by atoms with Crippen LogP contribution in [0.2, 0.25) is 0 Å². The van der Waals surface area contributed by atoms with E-state index < -0.39 is 0 Å². The number of nitrogens with zero attached hydrogens (tertiary/aromatic N) is 3. The van der Waals surface area contributed by atoms with Gasteiger partial charge in [-0.15, -0.1) is 0 Å². The summed E-state index contributed by atoms with van der Waals surface area (Å²) in [5.74, 6) is 0.883. The lowest BCUT2D eigenvalue weighted by Crippen LogP contribution is -2.37. The van der Waals surface area contributed by atoms with Crippen molar-refractivity contribution in [2.24, 2.45) is 5.92 Å². The fraction of sp³-hybridized carbons (Fsp3) is 0.769. The Labute approximate surface area is 104 Å². The summed E-state index contributed by atoms with van der Waals surface area (Å²) in [5.41, 5.74) is 0. The second-order valence-electron chi connectivity index (χ2n) is 4.86. The lowest BCUT2D eigenvalue weighted by atomic mass is 9.97. The highest BCUT2D eigenvalue weighted by Crippen LogP contribution is 2.13. The molecular weight excluding hydrogens is 212 g/mol. The van der Waals surface area contributed by atoms with Crippen LogP contribution < -0.4 is 5.32 Å². The SMILES string of the molecule is CCN(CCn1cccn1)CC1CCNCC1. The third-order valence-electron chi connectivity index (χ3n) is 3.63. The zero-order valence-corrected chi connectivity index (χ0v) is 10.8. The van der Waals surface area contributed by atoms with Crippen LogP contribution in [0.1, 0.15) is 19.8 Å². The van der Waals surface area contributed by atoms with Gasteiger partial charge in [-0.05, 0) is 44.5 Å². The molecule has 2 rings (SSSR count). The van der Waals surface area contributed by atoms with Crippen LogP contribution in [0.4, 0.5) is 0 Å². The van der Waals surface area contributed by atoms with E-state index in [4.69, 9.17) is 0 Å². The summed E-state index contributed by atoms with van der Waals surface area (Å²) in [6.45, 7) is 9.16. The molecule has 0 atom stereocenters. The van der Waals surface area contributed by atoms with Gasteiger partial charge in [0.15, 0.2) is 0 Å². The minimum Gasteiger partial charge on any atom is -0.317 e. The van der Waals surface area contributed by atoms with Gasteiger partial charge in [-0.2, -0.15) is 5.10 Å². The molecule has 1 fully saturated rings. The molecule has 0 spiro atoms. The number of hydrogen-bond acceptors (Lipinski definition) is 3. The molecule has 0 amide bonds. The molecule has 2 heterocycles.